The Balaban J connectivity index is 2.43. The fourth-order valence-corrected chi connectivity index (χ4v) is 4.46. The summed E-state index contributed by atoms with van der Waals surface area (Å²) in [5, 5.41) is 0.185. The lowest BCUT2D eigenvalue weighted by atomic mass is 10.2. The minimum atomic E-state index is -3.74. The van der Waals surface area contributed by atoms with Gasteiger partial charge in [-0.05, 0) is 25.5 Å². The molecule has 2 rings (SSSR count). The number of halogens is 2. The molecule has 0 amide bonds. The lowest BCUT2D eigenvalue weighted by molar-refractivity contribution is 0.102. The molecule has 0 aliphatic carbocycles. The number of sulfonamides is 1. The van der Waals surface area contributed by atoms with Crippen molar-refractivity contribution in [1.29, 1.82) is 0 Å². The number of ether oxygens (including phenoxy) is 1. The summed E-state index contributed by atoms with van der Waals surface area (Å²) in [5.41, 5.74) is 5.76. The fourth-order valence-electron chi connectivity index (χ4n) is 2.28. The largest absolute Gasteiger partial charge is 0.396 e. The van der Waals surface area contributed by atoms with Crippen LogP contribution >= 0.6 is 23.2 Å². The summed E-state index contributed by atoms with van der Waals surface area (Å²) in [6.45, 7) is 2.39. The molecule has 1 aliphatic rings. The maximum Gasteiger partial charge on any atom is 0.244 e. The van der Waals surface area contributed by atoms with E-state index < -0.39 is 10.0 Å². The van der Waals surface area contributed by atoms with Gasteiger partial charge in [0.2, 0.25) is 10.0 Å². The Morgan fingerprint density at radius 2 is 2.05 bits per heavy atom. The SMILES string of the molecule is CC1OCCC1N(C)S(=O)(=O)c1ccc(Cl)c(N)c1Cl. The van der Waals surface area contributed by atoms with E-state index in [9.17, 15) is 8.42 Å². The second-order valence-electron chi connectivity index (χ2n) is 4.73. The van der Waals surface area contributed by atoms with Crippen LogP contribution in [0.5, 0.6) is 0 Å². The van der Waals surface area contributed by atoms with Gasteiger partial charge < -0.3 is 10.5 Å². The van der Waals surface area contributed by atoms with Crippen molar-refractivity contribution in [1.82, 2.24) is 4.31 Å². The third kappa shape index (κ3) is 2.63. The van der Waals surface area contributed by atoms with E-state index in [1.54, 1.807) is 0 Å². The first-order valence-corrected chi connectivity index (χ1v) is 8.29. The van der Waals surface area contributed by atoms with Gasteiger partial charge in [-0.25, -0.2) is 8.42 Å². The molecule has 0 radical (unpaired) electrons. The van der Waals surface area contributed by atoms with E-state index in [1.165, 1.54) is 23.5 Å². The molecule has 1 fully saturated rings. The van der Waals surface area contributed by atoms with Gasteiger partial charge in [-0.3, -0.25) is 0 Å². The van der Waals surface area contributed by atoms with E-state index in [4.69, 9.17) is 33.7 Å². The zero-order valence-electron chi connectivity index (χ0n) is 11.1. The Hall–Kier alpha value is -0.530. The second-order valence-corrected chi connectivity index (χ2v) is 7.48. The molecular formula is C12H16Cl2N2O3S. The molecule has 5 nitrogen and oxygen atoms in total. The number of anilines is 1. The monoisotopic (exact) mass is 338 g/mol. The Bertz CT molecular complexity index is 621. The predicted molar refractivity (Wildman–Crippen MR) is 79.6 cm³/mol. The average molecular weight is 339 g/mol. The predicted octanol–water partition coefficient (Wildman–Crippen LogP) is 2.37. The summed E-state index contributed by atoms with van der Waals surface area (Å²) in [6.07, 6.45) is 0.496. The number of benzene rings is 1. The summed E-state index contributed by atoms with van der Waals surface area (Å²) >= 11 is 11.9. The van der Waals surface area contributed by atoms with E-state index >= 15 is 0 Å². The first kappa shape index (κ1) is 15.9. The van der Waals surface area contributed by atoms with E-state index in [0.29, 0.717) is 13.0 Å². The van der Waals surface area contributed by atoms with E-state index in [0.717, 1.165) is 0 Å². The van der Waals surface area contributed by atoms with Crippen LogP contribution in [-0.2, 0) is 14.8 Å². The minimum absolute atomic E-state index is 0.0392. The highest BCUT2D eigenvalue weighted by molar-refractivity contribution is 7.89. The number of nitrogens with zero attached hydrogens (tertiary/aromatic N) is 1. The third-order valence-corrected chi connectivity index (χ3v) is 6.33. The molecule has 1 saturated heterocycles. The molecule has 112 valence electrons. The fraction of sp³-hybridized carbons (Fsp3) is 0.500. The van der Waals surface area contributed by atoms with Gasteiger partial charge >= 0.3 is 0 Å². The molecule has 2 unspecified atom stereocenters. The summed E-state index contributed by atoms with van der Waals surface area (Å²) < 4.78 is 32.0. The Labute approximate surface area is 128 Å². The Kier molecular flexibility index (Phi) is 4.51. The van der Waals surface area contributed by atoms with Crippen molar-refractivity contribution < 1.29 is 13.2 Å². The van der Waals surface area contributed by atoms with Crippen molar-refractivity contribution in [2.24, 2.45) is 0 Å². The highest BCUT2D eigenvalue weighted by atomic mass is 35.5. The summed E-state index contributed by atoms with van der Waals surface area (Å²) in [7, 11) is -2.22. The molecule has 2 atom stereocenters. The van der Waals surface area contributed by atoms with E-state index in [2.05, 4.69) is 0 Å². The minimum Gasteiger partial charge on any atom is -0.396 e. The molecule has 1 aromatic carbocycles. The highest BCUT2D eigenvalue weighted by Gasteiger charge is 2.36. The van der Waals surface area contributed by atoms with Crippen molar-refractivity contribution >= 4 is 38.9 Å². The van der Waals surface area contributed by atoms with Crippen LogP contribution in [0.1, 0.15) is 13.3 Å². The number of hydrogen-bond acceptors (Lipinski definition) is 4. The number of nitrogen functional groups attached to an aromatic ring is 1. The molecule has 1 heterocycles. The zero-order valence-corrected chi connectivity index (χ0v) is 13.5. The van der Waals surface area contributed by atoms with Gasteiger partial charge in [0, 0.05) is 13.7 Å². The lowest BCUT2D eigenvalue weighted by Crippen LogP contribution is -2.41. The van der Waals surface area contributed by atoms with Crippen LogP contribution in [0.15, 0.2) is 17.0 Å². The standard InChI is InChI=1S/C12H16Cl2N2O3S/c1-7-9(5-6-19-7)16(2)20(17,18)10-4-3-8(13)12(15)11(10)14/h3-4,7,9H,5-6,15H2,1-2H3. The number of likely N-dealkylation sites (N-methyl/N-ethyl adjacent to an activating group) is 1. The van der Waals surface area contributed by atoms with Crippen molar-refractivity contribution in [3.05, 3.63) is 22.2 Å². The van der Waals surface area contributed by atoms with Crippen LogP contribution in [0, 0.1) is 0 Å². The lowest BCUT2D eigenvalue weighted by Gasteiger charge is -2.26. The van der Waals surface area contributed by atoms with Crippen molar-refractivity contribution in [3.63, 3.8) is 0 Å². The Morgan fingerprint density at radius 3 is 2.60 bits per heavy atom. The van der Waals surface area contributed by atoms with Crippen LogP contribution in [0.4, 0.5) is 5.69 Å². The van der Waals surface area contributed by atoms with Gasteiger partial charge in [0.15, 0.2) is 0 Å². The first-order chi connectivity index (χ1) is 9.26. The van der Waals surface area contributed by atoms with Crippen molar-refractivity contribution in [3.8, 4) is 0 Å². The topological polar surface area (TPSA) is 72.6 Å². The maximum atomic E-state index is 12.6. The third-order valence-electron chi connectivity index (χ3n) is 3.55. The van der Waals surface area contributed by atoms with Gasteiger partial charge in [-0.2, -0.15) is 4.31 Å². The Morgan fingerprint density at radius 1 is 1.40 bits per heavy atom. The number of rotatable bonds is 3. The van der Waals surface area contributed by atoms with Gasteiger partial charge in [-0.1, -0.05) is 23.2 Å². The normalized spacial score (nSPS) is 23.4. The average Bonchev–Trinajstić information content (AvgIpc) is 2.81. The van der Waals surface area contributed by atoms with Crippen molar-refractivity contribution in [2.45, 2.75) is 30.4 Å². The molecule has 20 heavy (non-hydrogen) atoms. The second kappa shape index (κ2) is 5.69. The molecule has 8 heteroatoms. The molecule has 1 aliphatic heterocycles. The van der Waals surface area contributed by atoms with Gasteiger partial charge in [0.25, 0.3) is 0 Å². The zero-order chi connectivity index (χ0) is 15.1. The van der Waals surface area contributed by atoms with Crippen LogP contribution < -0.4 is 5.73 Å². The molecule has 0 bridgehead atoms. The first-order valence-electron chi connectivity index (χ1n) is 6.10. The molecule has 2 N–H and O–H groups in total. The highest BCUT2D eigenvalue weighted by Crippen LogP contribution is 2.35. The summed E-state index contributed by atoms with van der Waals surface area (Å²) in [6, 6.07) is 2.58. The van der Waals surface area contributed by atoms with E-state index in [1.807, 2.05) is 6.92 Å². The molecule has 0 spiro atoms. The summed E-state index contributed by atoms with van der Waals surface area (Å²) in [5.74, 6) is 0. The van der Waals surface area contributed by atoms with Crippen LogP contribution in [0.25, 0.3) is 0 Å². The molecule has 0 saturated carbocycles. The molecule has 0 aromatic heterocycles. The number of hydrogen-bond donors (Lipinski definition) is 1. The maximum absolute atomic E-state index is 12.6. The number of nitrogens with two attached hydrogens (primary N) is 1. The van der Waals surface area contributed by atoms with Crippen LogP contribution in [0.2, 0.25) is 10.0 Å². The van der Waals surface area contributed by atoms with Crippen LogP contribution in [-0.4, -0.2) is 38.5 Å². The van der Waals surface area contributed by atoms with Gasteiger partial charge in [0.1, 0.15) is 4.90 Å². The van der Waals surface area contributed by atoms with Crippen molar-refractivity contribution in [2.75, 3.05) is 19.4 Å². The molecular weight excluding hydrogens is 323 g/mol. The van der Waals surface area contributed by atoms with Crippen LogP contribution in [0.3, 0.4) is 0 Å². The molecule has 1 aromatic rings. The summed E-state index contributed by atoms with van der Waals surface area (Å²) in [4.78, 5) is -0.0392. The van der Waals surface area contributed by atoms with Gasteiger partial charge in [-0.15, -0.1) is 0 Å². The quantitative estimate of drug-likeness (QED) is 0.858. The van der Waals surface area contributed by atoms with Gasteiger partial charge in [0.05, 0.1) is 27.9 Å². The smallest absolute Gasteiger partial charge is 0.244 e. The van der Waals surface area contributed by atoms with E-state index in [-0.39, 0.29) is 32.8 Å².